The summed E-state index contributed by atoms with van der Waals surface area (Å²) in [6.45, 7) is 4.57. The smallest absolute Gasteiger partial charge is 0.221 e. The van der Waals surface area contributed by atoms with Gasteiger partial charge in [-0.15, -0.1) is 0 Å². The van der Waals surface area contributed by atoms with E-state index >= 15 is 0 Å². The van der Waals surface area contributed by atoms with Gasteiger partial charge in [-0.25, -0.2) is 0 Å². The van der Waals surface area contributed by atoms with Crippen LogP contribution in [-0.2, 0) is 18.4 Å². The van der Waals surface area contributed by atoms with Crippen molar-refractivity contribution in [2.24, 2.45) is 12.8 Å². The standard InChI is InChI=1S/C12H22N4O/c1-4-5-11(13)6-12(17)14-7-10-8-15-16(3)9(10)2/h8,11H,4-7,13H2,1-3H3,(H,14,17). The van der Waals surface area contributed by atoms with Gasteiger partial charge in [0.15, 0.2) is 0 Å². The molecule has 1 aromatic heterocycles. The lowest BCUT2D eigenvalue weighted by molar-refractivity contribution is -0.121. The van der Waals surface area contributed by atoms with Crippen LogP contribution in [0.3, 0.4) is 0 Å². The highest BCUT2D eigenvalue weighted by molar-refractivity contribution is 5.76. The number of aromatic nitrogens is 2. The van der Waals surface area contributed by atoms with E-state index in [4.69, 9.17) is 5.73 Å². The Bertz CT molecular complexity index is 373. The van der Waals surface area contributed by atoms with Gasteiger partial charge in [0.1, 0.15) is 0 Å². The van der Waals surface area contributed by atoms with Gasteiger partial charge in [0, 0.05) is 37.3 Å². The number of rotatable bonds is 6. The van der Waals surface area contributed by atoms with Crippen LogP contribution in [0.5, 0.6) is 0 Å². The molecular formula is C12H22N4O. The first-order valence-electron chi connectivity index (χ1n) is 6.04. The first-order chi connectivity index (χ1) is 8.04. The first-order valence-corrected chi connectivity index (χ1v) is 6.04. The zero-order valence-electron chi connectivity index (χ0n) is 10.9. The molecule has 0 aliphatic carbocycles. The third-order valence-corrected chi connectivity index (χ3v) is 2.92. The summed E-state index contributed by atoms with van der Waals surface area (Å²) < 4.78 is 1.80. The van der Waals surface area contributed by atoms with E-state index in [0.717, 1.165) is 24.1 Å². The molecule has 0 saturated carbocycles. The second-order valence-electron chi connectivity index (χ2n) is 4.41. The van der Waals surface area contributed by atoms with E-state index in [1.54, 1.807) is 10.9 Å². The third kappa shape index (κ3) is 4.19. The fourth-order valence-electron chi connectivity index (χ4n) is 1.69. The first kappa shape index (κ1) is 13.7. The predicted octanol–water partition coefficient (Wildman–Crippen LogP) is 0.862. The number of carbonyl (C=O) groups is 1. The van der Waals surface area contributed by atoms with E-state index < -0.39 is 0 Å². The Morgan fingerprint density at radius 1 is 1.65 bits per heavy atom. The number of nitrogens with two attached hydrogens (primary N) is 1. The number of hydrogen-bond acceptors (Lipinski definition) is 3. The van der Waals surface area contributed by atoms with Crippen LogP contribution in [0, 0.1) is 6.92 Å². The van der Waals surface area contributed by atoms with E-state index in [1.807, 2.05) is 14.0 Å². The molecule has 1 unspecified atom stereocenters. The van der Waals surface area contributed by atoms with Crippen molar-refractivity contribution in [1.82, 2.24) is 15.1 Å². The molecule has 0 aliphatic heterocycles. The molecule has 1 aromatic rings. The monoisotopic (exact) mass is 238 g/mol. The van der Waals surface area contributed by atoms with Crippen molar-refractivity contribution in [2.45, 2.75) is 45.7 Å². The maximum atomic E-state index is 11.6. The third-order valence-electron chi connectivity index (χ3n) is 2.92. The summed E-state index contributed by atoms with van der Waals surface area (Å²) in [6.07, 6.45) is 4.07. The molecular weight excluding hydrogens is 216 g/mol. The highest BCUT2D eigenvalue weighted by Crippen LogP contribution is 2.05. The van der Waals surface area contributed by atoms with Gasteiger partial charge in [-0.2, -0.15) is 5.10 Å². The molecule has 5 heteroatoms. The molecule has 1 heterocycles. The van der Waals surface area contributed by atoms with Crippen LogP contribution in [0.25, 0.3) is 0 Å². The Labute approximate surface area is 102 Å². The zero-order chi connectivity index (χ0) is 12.8. The van der Waals surface area contributed by atoms with Crippen LogP contribution < -0.4 is 11.1 Å². The van der Waals surface area contributed by atoms with Crippen molar-refractivity contribution >= 4 is 5.91 Å². The summed E-state index contributed by atoms with van der Waals surface area (Å²) in [5.74, 6) is 0.00852. The molecule has 0 radical (unpaired) electrons. The summed E-state index contributed by atoms with van der Waals surface area (Å²) >= 11 is 0. The van der Waals surface area contributed by atoms with E-state index in [1.165, 1.54) is 0 Å². The maximum Gasteiger partial charge on any atom is 0.221 e. The number of hydrogen-bond donors (Lipinski definition) is 2. The molecule has 0 bridgehead atoms. The van der Waals surface area contributed by atoms with E-state index in [0.29, 0.717) is 13.0 Å². The molecule has 5 nitrogen and oxygen atoms in total. The van der Waals surface area contributed by atoms with E-state index in [-0.39, 0.29) is 11.9 Å². The quantitative estimate of drug-likeness (QED) is 0.772. The largest absolute Gasteiger partial charge is 0.352 e. The minimum absolute atomic E-state index is 0.00852. The van der Waals surface area contributed by atoms with Gasteiger partial charge in [0.2, 0.25) is 5.91 Å². The van der Waals surface area contributed by atoms with Gasteiger partial charge in [-0.3, -0.25) is 9.48 Å². The molecule has 3 N–H and O–H groups in total. The highest BCUT2D eigenvalue weighted by atomic mass is 16.1. The molecule has 0 aromatic carbocycles. The average Bonchev–Trinajstić information content (AvgIpc) is 2.57. The Balaban J connectivity index is 2.36. The Morgan fingerprint density at radius 2 is 2.35 bits per heavy atom. The second-order valence-corrected chi connectivity index (χ2v) is 4.41. The summed E-state index contributed by atoms with van der Waals surface area (Å²) in [5, 5.41) is 7.00. The SMILES string of the molecule is CCCC(N)CC(=O)NCc1cnn(C)c1C. The van der Waals surface area contributed by atoms with Crippen molar-refractivity contribution in [3.05, 3.63) is 17.5 Å². The lowest BCUT2D eigenvalue weighted by atomic mass is 10.1. The topological polar surface area (TPSA) is 72.9 Å². The van der Waals surface area contributed by atoms with Gasteiger partial charge in [0.05, 0.1) is 6.20 Å². The fourth-order valence-corrected chi connectivity index (χ4v) is 1.69. The Morgan fingerprint density at radius 3 is 2.88 bits per heavy atom. The van der Waals surface area contributed by atoms with Crippen molar-refractivity contribution in [3.63, 3.8) is 0 Å². The summed E-state index contributed by atoms with van der Waals surface area (Å²) in [5.41, 5.74) is 7.93. The van der Waals surface area contributed by atoms with Gasteiger partial charge in [-0.05, 0) is 13.3 Å². The normalized spacial score (nSPS) is 12.5. The number of aryl methyl sites for hydroxylation is 1. The van der Waals surface area contributed by atoms with E-state index in [9.17, 15) is 4.79 Å². The van der Waals surface area contributed by atoms with Crippen LogP contribution in [0.4, 0.5) is 0 Å². The van der Waals surface area contributed by atoms with Gasteiger partial charge in [0.25, 0.3) is 0 Å². The number of amides is 1. The molecule has 1 rings (SSSR count). The molecule has 17 heavy (non-hydrogen) atoms. The molecule has 0 fully saturated rings. The molecule has 0 saturated heterocycles. The van der Waals surface area contributed by atoms with Crippen molar-refractivity contribution in [1.29, 1.82) is 0 Å². The summed E-state index contributed by atoms with van der Waals surface area (Å²) in [7, 11) is 1.89. The average molecular weight is 238 g/mol. The minimum Gasteiger partial charge on any atom is -0.352 e. The predicted molar refractivity (Wildman–Crippen MR) is 67.3 cm³/mol. The maximum absolute atomic E-state index is 11.6. The Kier molecular flexibility index (Phi) is 5.15. The number of nitrogens with zero attached hydrogens (tertiary/aromatic N) is 2. The lowest BCUT2D eigenvalue weighted by Gasteiger charge is -2.10. The summed E-state index contributed by atoms with van der Waals surface area (Å²) in [6, 6.07) is -0.0324. The minimum atomic E-state index is -0.0324. The molecule has 0 aliphatic rings. The number of carbonyl (C=O) groups excluding carboxylic acids is 1. The van der Waals surface area contributed by atoms with Gasteiger partial charge in [-0.1, -0.05) is 13.3 Å². The fraction of sp³-hybridized carbons (Fsp3) is 0.667. The van der Waals surface area contributed by atoms with Crippen LogP contribution in [-0.4, -0.2) is 21.7 Å². The van der Waals surface area contributed by atoms with Crippen LogP contribution in [0.1, 0.15) is 37.4 Å². The van der Waals surface area contributed by atoms with Crippen LogP contribution >= 0.6 is 0 Å². The van der Waals surface area contributed by atoms with Gasteiger partial charge >= 0.3 is 0 Å². The highest BCUT2D eigenvalue weighted by Gasteiger charge is 2.09. The van der Waals surface area contributed by atoms with Crippen molar-refractivity contribution in [3.8, 4) is 0 Å². The van der Waals surface area contributed by atoms with Crippen molar-refractivity contribution < 1.29 is 4.79 Å². The van der Waals surface area contributed by atoms with Crippen molar-refractivity contribution in [2.75, 3.05) is 0 Å². The number of nitrogens with one attached hydrogen (secondary N) is 1. The zero-order valence-corrected chi connectivity index (χ0v) is 10.9. The molecule has 1 atom stereocenters. The van der Waals surface area contributed by atoms with Crippen LogP contribution in [0.2, 0.25) is 0 Å². The lowest BCUT2D eigenvalue weighted by Crippen LogP contribution is -2.31. The van der Waals surface area contributed by atoms with Crippen LogP contribution in [0.15, 0.2) is 6.20 Å². The molecule has 96 valence electrons. The molecule has 1 amide bonds. The molecule has 0 spiro atoms. The van der Waals surface area contributed by atoms with Gasteiger partial charge < -0.3 is 11.1 Å². The second kappa shape index (κ2) is 6.39. The van der Waals surface area contributed by atoms with E-state index in [2.05, 4.69) is 17.3 Å². The summed E-state index contributed by atoms with van der Waals surface area (Å²) in [4.78, 5) is 11.6. The Hall–Kier alpha value is -1.36.